The number of likely N-dealkylation sites (tertiary alicyclic amines) is 1. The van der Waals surface area contributed by atoms with Crippen molar-refractivity contribution in [3.05, 3.63) is 21.9 Å². The summed E-state index contributed by atoms with van der Waals surface area (Å²) in [7, 11) is 4.31. The van der Waals surface area contributed by atoms with Crippen LogP contribution in [-0.2, 0) is 17.8 Å². The molecular formula is C19H33N3OS. The van der Waals surface area contributed by atoms with E-state index in [-0.39, 0.29) is 0 Å². The number of thiophene rings is 1. The molecule has 0 aromatic carbocycles. The molecule has 4 nitrogen and oxygen atoms in total. The highest BCUT2D eigenvalue weighted by molar-refractivity contribution is 7.10. The molecule has 0 bridgehead atoms. The summed E-state index contributed by atoms with van der Waals surface area (Å²) in [5.41, 5.74) is 1.51. The average molecular weight is 352 g/mol. The van der Waals surface area contributed by atoms with Crippen LogP contribution >= 0.6 is 11.3 Å². The van der Waals surface area contributed by atoms with Crippen molar-refractivity contribution in [3.8, 4) is 0 Å². The van der Waals surface area contributed by atoms with Crippen molar-refractivity contribution in [3.63, 3.8) is 0 Å². The predicted molar refractivity (Wildman–Crippen MR) is 102 cm³/mol. The number of rotatable bonds is 6. The van der Waals surface area contributed by atoms with Crippen molar-refractivity contribution in [2.24, 2.45) is 5.92 Å². The number of hydrogen-bond donors (Lipinski definition) is 0. The second-order valence-corrected chi connectivity index (χ2v) is 8.69. The molecule has 1 aromatic heterocycles. The summed E-state index contributed by atoms with van der Waals surface area (Å²) < 4.78 is 5.81. The fraction of sp³-hybridized carbons (Fsp3) is 0.789. The summed E-state index contributed by atoms with van der Waals surface area (Å²) >= 11 is 1.93. The van der Waals surface area contributed by atoms with Gasteiger partial charge in [0.25, 0.3) is 0 Å². The molecular weight excluding hydrogens is 318 g/mol. The lowest BCUT2D eigenvalue weighted by Crippen LogP contribution is -2.34. The molecule has 2 aliphatic heterocycles. The van der Waals surface area contributed by atoms with Crippen molar-refractivity contribution in [1.82, 2.24) is 14.7 Å². The predicted octanol–water partition coefficient (Wildman–Crippen LogP) is 2.74. The van der Waals surface area contributed by atoms with Gasteiger partial charge in [0.2, 0.25) is 0 Å². The zero-order valence-electron chi connectivity index (χ0n) is 15.4. The molecule has 0 saturated carbocycles. The van der Waals surface area contributed by atoms with Gasteiger partial charge in [-0.05, 0) is 57.0 Å². The van der Waals surface area contributed by atoms with E-state index in [0.29, 0.717) is 5.92 Å². The van der Waals surface area contributed by atoms with Crippen LogP contribution in [0.3, 0.4) is 0 Å². The Kier molecular flexibility index (Phi) is 7.10. The quantitative estimate of drug-likeness (QED) is 0.784. The molecule has 2 saturated heterocycles. The lowest BCUT2D eigenvalue weighted by Gasteiger charge is -2.26. The number of ether oxygens (including phenoxy) is 1. The van der Waals surface area contributed by atoms with Gasteiger partial charge in [0.05, 0.1) is 13.2 Å². The number of hydrogen-bond acceptors (Lipinski definition) is 5. The van der Waals surface area contributed by atoms with Crippen molar-refractivity contribution in [2.75, 3.05) is 60.0 Å². The first-order valence-corrected chi connectivity index (χ1v) is 10.3. The van der Waals surface area contributed by atoms with Gasteiger partial charge in [-0.15, -0.1) is 11.3 Å². The van der Waals surface area contributed by atoms with Crippen molar-refractivity contribution < 1.29 is 4.74 Å². The monoisotopic (exact) mass is 351 g/mol. The molecule has 24 heavy (non-hydrogen) atoms. The molecule has 0 unspecified atom stereocenters. The summed E-state index contributed by atoms with van der Waals surface area (Å²) in [4.78, 5) is 8.98. The molecule has 0 aliphatic carbocycles. The van der Waals surface area contributed by atoms with Crippen LogP contribution < -0.4 is 0 Å². The molecule has 0 amide bonds. The highest BCUT2D eigenvalue weighted by atomic mass is 32.1. The fourth-order valence-electron chi connectivity index (χ4n) is 3.91. The van der Waals surface area contributed by atoms with Crippen molar-refractivity contribution in [1.29, 1.82) is 0 Å². The Morgan fingerprint density at radius 1 is 1.12 bits per heavy atom. The van der Waals surface area contributed by atoms with E-state index in [9.17, 15) is 0 Å². The van der Waals surface area contributed by atoms with Crippen LogP contribution in [0.1, 0.15) is 29.7 Å². The van der Waals surface area contributed by atoms with Crippen LogP contribution in [0.15, 0.2) is 11.4 Å². The second kappa shape index (κ2) is 9.30. The van der Waals surface area contributed by atoms with E-state index < -0.39 is 0 Å². The van der Waals surface area contributed by atoms with Gasteiger partial charge in [-0.3, -0.25) is 9.80 Å². The highest BCUT2D eigenvalue weighted by Gasteiger charge is 2.20. The van der Waals surface area contributed by atoms with E-state index in [1.807, 2.05) is 11.3 Å². The molecule has 2 fully saturated rings. The molecule has 0 radical (unpaired) electrons. The molecule has 3 rings (SSSR count). The van der Waals surface area contributed by atoms with Crippen LogP contribution in [0.25, 0.3) is 0 Å². The second-order valence-electron chi connectivity index (χ2n) is 7.70. The van der Waals surface area contributed by atoms with E-state index in [1.54, 1.807) is 0 Å². The molecule has 136 valence electrons. The van der Waals surface area contributed by atoms with Crippen LogP contribution in [-0.4, -0.2) is 74.7 Å². The Morgan fingerprint density at radius 2 is 1.96 bits per heavy atom. The van der Waals surface area contributed by atoms with E-state index in [4.69, 9.17) is 4.74 Å². The summed E-state index contributed by atoms with van der Waals surface area (Å²) in [6, 6.07) is 2.44. The first-order chi connectivity index (χ1) is 11.7. The van der Waals surface area contributed by atoms with Gasteiger partial charge in [-0.1, -0.05) is 6.42 Å². The Hall–Kier alpha value is -0.460. The minimum absolute atomic E-state index is 0.621. The summed E-state index contributed by atoms with van der Waals surface area (Å²) in [6.45, 7) is 9.87. The van der Waals surface area contributed by atoms with Gasteiger partial charge in [0.15, 0.2) is 0 Å². The maximum Gasteiger partial charge on any atom is 0.0593 e. The largest absolute Gasteiger partial charge is 0.380 e. The molecule has 3 heterocycles. The lowest BCUT2D eigenvalue weighted by atomic mass is 10.1. The molecule has 1 atom stereocenters. The summed E-state index contributed by atoms with van der Waals surface area (Å²) in [6.07, 6.45) is 4.16. The van der Waals surface area contributed by atoms with E-state index in [2.05, 4.69) is 40.2 Å². The molecule has 5 heteroatoms. The third-order valence-electron chi connectivity index (χ3n) is 4.99. The Balaban J connectivity index is 1.51. The highest BCUT2D eigenvalue weighted by Crippen LogP contribution is 2.21. The van der Waals surface area contributed by atoms with Gasteiger partial charge in [0.1, 0.15) is 0 Å². The Labute approximate surface area is 151 Å². The van der Waals surface area contributed by atoms with Crippen LogP contribution in [0.2, 0.25) is 0 Å². The first kappa shape index (κ1) is 18.3. The third kappa shape index (κ3) is 5.81. The topological polar surface area (TPSA) is 19.0 Å². The third-order valence-corrected chi connectivity index (χ3v) is 5.96. The van der Waals surface area contributed by atoms with Crippen LogP contribution in [0.5, 0.6) is 0 Å². The first-order valence-electron chi connectivity index (χ1n) is 9.42. The number of piperidine rings is 1. The van der Waals surface area contributed by atoms with Crippen LogP contribution in [0.4, 0.5) is 0 Å². The molecule has 1 aromatic rings. The van der Waals surface area contributed by atoms with Gasteiger partial charge < -0.3 is 9.64 Å². The van der Waals surface area contributed by atoms with E-state index in [0.717, 1.165) is 45.9 Å². The smallest absolute Gasteiger partial charge is 0.0593 e. The van der Waals surface area contributed by atoms with Crippen LogP contribution in [0, 0.1) is 5.92 Å². The minimum Gasteiger partial charge on any atom is -0.380 e. The summed E-state index contributed by atoms with van der Waals surface area (Å²) in [5.74, 6) is 0.621. The Bertz CT molecular complexity index is 485. The van der Waals surface area contributed by atoms with Crippen molar-refractivity contribution in [2.45, 2.75) is 32.4 Å². The minimum atomic E-state index is 0.621. The molecule has 2 aliphatic rings. The SMILES string of the molecule is CN(C)C[C@@H]1COCCN(Cc2cc(CN3CCCCC3)cs2)C1. The van der Waals surface area contributed by atoms with Gasteiger partial charge in [-0.2, -0.15) is 0 Å². The van der Waals surface area contributed by atoms with Gasteiger partial charge >= 0.3 is 0 Å². The normalized spacial score (nSPS) is 24.4. The van der Waals surface area contributed by atoms with Gasteiger partial charge in [0, 0.05) is 43.5 Å². The maximum absolute atomic E-state index is 5.81. The Morgan fingerprint density at radius 3 is 2.75 bits per heavy atom. The van der Waals surface area contributed by atoms with E-state index >= 15 is 0 Å². The fourth-order valence-corrected chi connectivity index (χ4v) is 4.83. The maximum atomic E-state index is 5.81. The molecule has 0 spiro atoms. The standard InChI is InChI=1S/C19H33N3OS/c1-20(2)11-18-13-22(8-9-23-15-18)14-19-10-17(16-24-19)12-21-6-4-3-5-7-21/h10,16,18H,3-9,11-15H2,1-2H3/t18-/m0/s1. The summed E-state index contributed by atoms with van der Waals surface area (Å²) in [5, 5.41) is 2.37. The van der Waals surface area contributed by atoms with Gasteiger partial charge in [-0.25, -0.2) is 0 Å². The lowest BCUT2D eigenvalue weighted by molar-refractivity contribution is 0.112. The number of nitrogens with zero attached hydrogens (tertiary/aromatic N) is 3. The average Bonchev–Trinajstić information content (AvgIpc) is 2.86. The van der Waals surface area contributed by atoms with Crippen molar-refractivity contribution >= 4 is 11.3 Å². The zero-order valence-corrected chi connectivity index (χ0v) is 16.2. The zero-order chi connectivity index (χ0) is 16.8. The molecule has 0 N–H and O–H groups in total. The van der Waals surface area contributed by atoms with E-state index in [1.165, 1.54) is 42.8 Å².